The van der Waals surface area contributed by atoms with Gasteiger partial charge in [0.2, 0.25) is 0 Å². The number of alkyl halides is 6. The Morgan fingerprint density at radius 3 is 2.07 bits per heavy atom. The van der Waals surface area contributed by atoms with Gasteiger partial charge in [0.05, 0.1) is 23.8 Å². The van der Waals surface area contributed by atoms with E-state index in [1.54, 1.807) is 0 Å². The summed E-state index contributed by atoms with van der Waals surface area (Å²) >= 11 is 0. The average Bonchev–Trinajstić information content (AvgIpc) is 3.13. The topological polar surface area (TPSA) is 21.3 Å². The first-order valence-electron chi connectivity index (χ1n) is 9.22. The fourth-order valence-electron chi connectivity index (χ4n) is 3.58. The summed E-state index contributed by atoms with van der Waals surface area (Å²) in [6.45, 7) is 3.11. The van der Waals surface area contributed by atoms with Crippen molar-refractivity contribution >= 4 is 0 Å². The van der Waals surface area contributed by atoms with Crippen molar-refractivity contribution in [3.63, 3.8) is 0 Å². The fourth-order valence-corrected chi connectivity index (χ4v) is 3.58. The number of rotatable bonds is 5. The summed E-state index contributed by atoms with van der Waals surface area (Å²) in [4.78, 5) is 0. The Hall–Kier alpha value is -2.06. The van der Waals surface area contributed by atoms with Crippen LogP contribution in [-0.2, 0) is 17.1 Å². The van der Waals surface area contributed by atoms with E-state index in [0.29, 0.717) is 6.54 Å². The molecule has 158 valence electrons. The number of hydrogen-bond acceptors (Lipinski definition) is 2. The second kappa shape index (κ2) is 8.36. The molecule has 1 N–H and O–H groups in total. The number of halogens is 6. The van der Waals surface area contributed by atoms with Crippen molar-refractivity contribution in [2.24, 2.45) is 5.92 Å². The zero-order valence-corrected chi connectivity index (χ0v) is 15.6. The maximum atomic E-state index is 13.1. The minimum atomic E-state index is -4.87. The van der Waals surface area contributed by atoms with E-state index < -0.39 is 29.6 Å². The average molecular weight is 417 g/mol. The molecule has 0 amide bonds. The number of ether oxygens (including phenoxy) is 1. The molecule has 3 rings (SSSR count). The summed E-state index contributed by atoms with van der Waals surface area (Å²) < 4.78 is 84.0. The van der Waals surface area contributed by atoms with E-state index in [-0.39, 0.29) is 30.1 Å². The lowest BCUT2D eigenvalue weighted by Gasteiger charge is -2.23. The predicted octanol–water partition coefficient (Wildman–Crippen LogP) is 5.81. The Labute approximate surface area is 164 Å². The molecule has 1 saturated heterocycles. The highest BCUT2D eigenvalue weighted by molar-refractivity contribution is 5.34. The van der Waals surface area contributed by atoms with Crippen LogP contribution in [0.5, 0.6) is 0 Å². The van der Waals surface area contributed by atoms with Crippen molar-refractivity contribution in [2.75, 3.05) is 19.7 Å². The molecule has 1 aliphatic rings. The summed E-state index contributed by atoms with van der Waals surface area (Å²) in [7, 11) is 0. The van der Waals surface area contributed by atoms with E-state index in [1.807, 2.05) is 30.3 Å². The van der Waals surface area contributed by atoms with Gasteiger partial charge in [-0.3, -0.25) is 0 Å². The van der Waals surface area contributed by atoms with Gasteiger partial charge >= 0.3 is 12.4 Å². The normalized spacial score (nSPS) is 21.3. The molecule has 0 aromatic heterocycles. The Morgan fingerprint density at radius 1 is 0.931 bits per heavy atom. The van der Waals surface area contributed by atoms with Gasteiger partial charge in [0.25, 0.3) is 0 Å². The van der Waals surface area contributed by atoms with Crippen LogP contribution in [0.3, 0.4) is 0 Å². The SMILES string of the molecule is CC(OC[C@@H]1CNCC1c1ccccc1)c1cc(C(F)(F)F)cc(C(F)(F)F)c1. The third kappa shape index (κ3) is 5.30. The highest BCUT2D eigenvalue weighted by Gasteiger charge is 2.37. The van der Waals surface area contributed by atoms with Gasteiger partial charge in [-0.25, -0.2) is 0 Å². The largest absolute Gasteiger partial charge is 0.416 e. The van der Waals surface area contributed by atoms with Gasteiger partial charge in [0, 0.05) is 24.9 Å². The van der Waals surface area contributed by atoms with Crippen molar-refractivity contribution in [1.82, 2.24) is 5.32 Å². The smallest absolute Gasteiger partial charge is 0.373 e. The summed E-state index contributed by atoms with van der Waals surface area (Å²) in [5, 5.41) is 3.26. The van der Waals surface area contributed by atoms with E-state index in [1.165, 1.54) is 6.92 Å². The molecule has 2 aromatic carbocycles. The summed E-state index contributed by atoms with van der Waals surface area (Å²) in [5.74, 6) is 0.253. The second-order valence-corrected chi connectivity index (χ2v) is 7.25. The van der Waals surface area contributed by atoms with Gasteiger partial charge in [-0.15, -0.1) is 0 Å². The van der Waals surface area contributed by atoms with Crippen LogP contribution in [0.2, 0.25) is 0 Å². The molecule has 2 unspecified atom stereocenters. The van der Waals surface area contributed by atoms with Crippen molar-refractivity contribution in [2.45, 2.75) is 31.3 Å². The van der Waals surface area contributed by atoms with Crippen LogP contribution in [0.15, 0.2) is 48.5 Å². The lowest BCUT2D eigenvalue weighted by molar-refractivity contribution is -0.143. The van der Waals surface area contributed by atoms with E-state index in [2.05, 4.69) is 5.32 Å². The summed E-state index contributed by atoms with van der Waals surface area (Å²) in [6.07, 6.45) is -10.7. The minimum absolute atomic E-state index is 0.0766. The van der Waals surface area contributed by atoms with Gasteiger partial charge in [0.1, 0.15) is 0 Å². The molecule has 0 radical (unpaired) electrons. The molecule has 0 aliphatic carbocycles. The van der Waals surface area contributed by atoms with E-state index in [0.717, 1.165) is 24.2 Å². The molecule has 1 heterocycles. The van der Waals surface area contributed by atoms with Crippen LogP contribution in [0.25, 0.3) is 0 Å². The van der Waals surface area contributed by atoms with Crippen LogP contribution in [0.1, 0.15) is 41.2 Å². The maximum absolute atomic E-state index is 13.1. The van der Waals surface area contributed by atoms with Gasteiger partial charge in [-0.2, -0.15) is 26.3 Å². The molecule has 0 saturated carbocycles. The van der Waals surface area contributed by atoms with Crippen LogP contribution in [-0.4, -0.2) is 19.7 Å². The molecule has 3 atom stereocenters. The van der Waals surface area contributed by atoms with Crippen LogP contribution < -0.4 is 5.32 Å². The monoisotopic (exact) mass is 417 g/mol. The Bertz CT molecular complexity index is 786. The van der Waals surface area contributed by atoms with Crippen molar-refractivity contribution in [1.29, 1.82) is 0 Å². The Morgan fingerprint density at radius 2 is 1.52 bits per heavy atom. The molecular formula is C21H21F6NO. The molecule has 2 aromatic rings. The lowest BCUT2D eigenvalue weighted by atomic mass is 9.89. The first-order valence-corrected chi connectivity index (χ1v) is 9.22. The Balaban J connectivity index is 1.75. The third-order valence-electron chi connectivity index (χ3n) is 5.21. The van der Waals surface area contributed by atoms with Crippen LogP contribution in [0.4, 0.5) is 26.3 Å². The summed E-state index contributed by atoms with van der Waals surface area (Å²) in [6, 6.07) is 11.3. The van der Waals surface area contributed by atoms with E-state index in [9.17, 15) is 26.3 Å². The molecule has 8 heteroatoms. The van der Waals surface area contributed by atoms with Gasteiger partial charge in [0.15, 0.2) is 0 Å². The van der Waals surface area contributed by atoms with Crippen molar-refractivity contribution < 1.29 is 31.1 Å². The number of nitrogens with one attached hydrogen (secondary N) is 1. The van der Waals surface area contributed by atoms with Gasteiger partial charge in [-0.05, 0) is 36.2 Å². The molecular weight excluding hydrogens is 396 g/mol. The van der Waals surface area contributed by atoms with Gasteiger partial charge in [-0.1, -0.05) is 30.3 Å². The van der Waals surface area contributed by atoms with Crippen LogP contribution in [0, 0.1) is 5.92 Å². The molecule has 2 nitrogen and oxygen atoms in total. The molecule has 0 bridgehead atoms. The summed E-state index contributed by atoms with van der Waals surface area (Å²) in [5.41, 5.74) is -1.68. The third-order valence-corrected chi connectivity index (χ3v) is 5.21. The zero-order valence-electron chi connectivity index (χ0n) is 15.6. The molecule has 29 heavy (non-hydrogen) atoms. The molecule has 1 aliphatic heterocycles. The van der Waals surface area contributed by atoms with Gasteiger partial charge < -0.3 is 10.1 Å². The van der Waals surface area contributed by atoms with Crippen molar-refractivity contribution in [3.05, 3.63) is 70.8 Å². The highest BCUT2D eigenvalue weighted by Crippen LogP contribution is 2.38. The van der Waals surface area contributed by atoms with Crippen molar-refractivity contribution in [3.8, 4) is 0 Å². The Kier molecular flexibility index (Phi) is 6.24. The maximum Gasteiger partial charge on any atom is 0.416 e. The minimum Gasteiger partial charge on any atom is -0.373 e. The van der Waals surface area contributed by atoms with Crippen LogP contribution >= 0.6 is 0 Å². The lowest BCUT2D eigenvalue weighted by Crippen LogP contribution is -2.19. The first-order chi connectivity index (χ1) is 13.6. The standard InChI is InChI=1S/C21H21F6NO/c1-13(15-7-17(20(22,23)24)9-18(8-15)21(25,26)27)29-12-16-10-28-11-19(16)14-5-3-2-4-6-14/h2-9,13,16,19,28H,10-12H2,1H3/t13?,16-,19?/m0/s1. The van der Waals surface area contributed by atoms with E-state index >= 15 is 0 Å². The fraction of sp³-hybridized carbons (Fsp3) is 0.429. The van der Waals surface area contributed by atoms with E-state index in [4.69, 9.17) is 4.74 Å². The first kappa shape index (κ1) is 21.6. The molecule has 0 spiro atoms. The highest BCUT2D eigenvalue weighted by atomic mass is 19.4. The quantitative estimate of drug-likeness (QED) is 0.621. The predicted molar refractivity (Wildman–Crippen MR) is 96.4 cm³/mol. The number of benzene rings is 2. The number of hydrogen-bond donors (Lipinski definition) is 1. The second-order valence-electron chi connectivity index (χ2n) is 7.25. The zero-order chi connectivity index (χ0) is 21.2. The molecule has 1 fully saturated rings.